The Balaban J connectivity index is -0.000000420. The number of nitrogens with zero attached hydrogens (tertiary/aromatic N) is 1. The summed E-state index contributed by atoms with van der Waals surface area (Å²) in [5.41, 5.74) is 1.07. The number of imide groups is 1. The first-order valence-electron chi connectivity index (χ1n) is 21.6. The van der Waals surface area contributed by atoms with Crippen molar-refractivity contribution in [2.75, 3.05) is 38.7 Å². The van der Waals surface area contributed by atoms with Crippen molar-refractivity contribution in [3.05, 3.63) is 29.8 Å². The number of methoxy groups -OCH3 is 1. The summed E-state index contributed by atoms with van der Waals surface area (Å²) in [6.45, 7) is 31.6. The number of rotatable bonds is 21. The van der Waals surface area contributed by atoms with E-state index in [2.05, 4.69) is 61.2 Å². The minimum absolute atomic E-state index is 0.133. The molecule has 1 saturated heterocycles. The first kappa shape index (κ1) is 62.3. The quantitative estimate of drug-likeness (QED) is 0.0674. The van der Waals surface area contributed by atoms with Crippen molar-refractivity contribution < 1.29 is 43.0 Å². The van der Waals surface area contributed by atoms with E-state index in [1.807, 2.05) is 74.4 Å². The molecule has 2 rings (SSSR count). The van der Waals surface area contributed by atoms with E-state index in [0.29, 0.717) is 38.1 Å². The molecule has 0 aromatic heterocycles. The molecule has 15 heteroatoms. The summed E-state index contributed by atoms with van der Waals surface area (Å²) < 4.78 is 10.9. The van der Waals surface area contributed by atoms with Gasteiger partial charge in [0, 0.05) is 56.8 Å². The molecule has 1 aromatic carbocycles. The van der Waals surface area contributed by atoms with Gasteiger partial charge in [0.15, 0.2) is 0 Å². The van der Waals surface area contributed by atoms with E-state index in [1.54, 1.807) is 26.2 Å². The highest BCUT2D eigenvalue weighted by atomic mass is 16.5. The van der Waals surface area contributed by atoms with Crippen LogP contribution in [0.5, 0.6) is 0 Å². The van der Waals surface area contributed by atoms with Gasteiger partial charge in [-0.2, -0.15) is 0 Å². The predicted octanol–water partition coefficient (Wildman–Crippen LogP) is 6.53. The molecule has 2 unspecified atom stereocenters. The summed E-state index contributed by atoms with van der Waals surface area (Å²) in [7, 11) is 1.61. The van der Waals surface area contributed by atoms with Crippen molar-refractivity contribution in [2.24, 2.45) is 11.8 Å². The largest absolute Gasteiger partial charge is 0.380 e. The van der Waals surface area contributed by atoms with Crippen molar-refractivity contribution in [2.45, 2.75) is 166 Å². The van der Waals surface area contributed by atoms with E-state index in [0.717, 1.165) is 24.9 Å². The molecule has 0 bridgehead atoms. The monoisotopic (exact) mass is 853 g/mol. The summed E-state index contributed by atoms with van der Waals surface area (Å²) in [4.78, 5) is 80.5. The van der Waals surface area contributed by atoms with Crippen LogP contribution in [0.3, 0.4) is 0 Å². The maximum Gasteiger partial charge on any atom is 0.246 e. The maximum atomic E-state index is 12.3. The van der Waals surface area contributed by atoms with Gasteiger partial charge < -0.3 is 36.1 Å². The van der Waals surface area contributed by atoms with Crippen molar-refractivity contribution in [1.29, 1.82) is 0 Å². The third-order valence-corrected chi connectivity index (χ3v) is 8.13. The van der Waals surface area contributed by atoms with E-state index < -0.39 is 17.5 Å². The lowest BCUT2D eigenvalue weighted by Gasteiger charge is -2.30. The number of ether oxygens (including phenoxy) is 2. The van der Waals surface area contributed by atoms with Gasteiger partial charge in [0.2, 0.25) is 42.4 Å². The molecule has 1 aliphatic heterocycles. The second kappa shape index (κ2) is 37.6. The SMILES string of the molecule is CC.CC.CCC.CCCC(C)(C)OCCC(C)(C)NC(=O)CCN1C(=O)CC(C(C)C)C1=O.CCNC=O.COCc1ccc(NC(=O)C(C)NC(=O)CNC=O)cc1. The second-order valence-electron chi connectivity index (χ2n) is 15.0. The summed E-state index contributed by atoms with van der Waals surface area (Å²) in [5.74, 6) is -1.35. The molecular weight excluding hydrogens is 769 g/mol. The fraction of sp³-hybridized carbons (Fsp3) is 0.711. The minimum atomic E-state index is -0.704. The zero-order chi connectivity index (χ0) is 47.3. The van der Waals surface area contributed by atoms with Crippen molar-refractivity contribution in [3.8, 4) is 0 Å². The Morgan fingerprint density at radius 3 is 1.85 bits per heavy atom. The standard InChI is InChI=1S/C21H38N2O4.C14H19N3O4.C3H7NO.C3H8.2C2H6/c1-8-10-21(6,7)27-13-11-20(4,5)22-17(24)9-12-23-18(25)14-16(15(2)3)19(23)26;1-10(16-13(19)7-15-9-18)14(20)17-12-5-3-11(4-6-12)8-21-2;1-2-4-3-5;1-3-2;2*1-2/h15-16H,8-14H2,1-7H3,(H,22,24);3-6,9-10H,7-8H2,1-2H3,(H,15,18)(H,16,19)(H,17,20);3H,2H2,1H3,(H,4,5);3H2,1-2H3;2*1-2H3. The molecule has 348 valence electrons. The lowest BCUT2D eigenvalue weighted by molar-refractivity contribution is -0.140. The first-order valence-corrected chi connectivity index (χ1v) is 21.6. The number of nitrogens with one attached hydrogen (secondary N) is 5. The van der Waals surface area contributed by atoms with Crippen LogP contribution in [0.2, 0.25) is 0 Å². The fourth-order valence-corrected chi connectivity index (χ4v) is 5.11. The zero-order valence-corrected chi connectivity index (χ0v) is 40.1. The molecule has 0 aliphatic carbocycles. The topological polar surface area (TPSA) is 201 Å². The molecule has 15 nitrogen and oxygen atoms in total. The molecule has 0 saturated carbocycles. The van der Waals surface area contributed by atoms with Crippen molar-refractivity contribution in [1.82, 2.24) is 26.2 Å². The van der Waals surface area contributed by atoms with E-state index in [9.17, 15) is 33.6 Å². The molecular formula is C45H84N6O9. The van der Waals surface area contributed by atoms with Gasteiger partial charge in [-0.15, -0.1) is 0 Å². The highest BCUT2D eigenvalue weighted by molar-refractivity contribution is 6.04. The molecule has 5 N–H and O–H groups in total. The number of carbonyl (C=O) groups excluding carboxylic acids is 7. The molecule has 60 heavy (non-hydrogen) atoms. The second-order valence-corrected chi connectivity index (χ2v) is 15.0. The Kier molecular flexibility index (Phi) is 39.0. The Hall–Kier alpha value is -4.37. The normalized spacial score (nSPS) is 13.3. The number of likely N-dealkylation sites (tertiary alicyclic amines) is 1. The van der Waals surface area contributed by atoms with Gasteiger partial charge in [0.1, 0.15) is 6.04 Å². The molecule has 1 aliphatic rings. The van der Waals surface area contributed by atoms with Gasteiger partial charge in [0.25, 0.3) is 0 Å². The van der Waals surface area contributed by atoms with E-state index in [4.69, 9.17) is 9.47 Å². The van der Waals surface area contributed by atoms with E-state index >= 15 is 0 Å². The molecule has 7 amide bonds. The smallest absolute Gasteiger partial charge is 0.246 e. The van der Waals surface area contributed by atoms with Crippen LogP contribution in [0.15, 0.2) is 24.3 Å². The van der Waals surface area contributed by atoms with Gasteiger partial charge in [-0.25, -0.2) is 0 Å². The number of hydrogen-bond donors (Lipinski definition) is 5. The van der Waals surface area contributed by atoms with Crippen molar-refractivity contribution in [3.63, 3.8) is 0 Å². The number of benzene rings is 1. The third-order valence-electron chi connectivity index (χ3n) is 8.13. The lowest BCUT2D eigenvalue weighted by Crippen LogP contribution is -2.46. The molecule has 1 fully saturated rings. The average Bonchev–Trinajstić information content (AvgIpc) is 3.48. The van der Waals surface area contributed by atoms with Gasteiger partial charge in [-0.3, -0.25) is 38.5 Å². The van der Waals surface area contributed by atoms with Crippen LogP contribution in [0.4, 0.5) is 5.69 Å². The molecule has 1 heterocycles. The summed E-state index contributed by atoms with van der Waals surface area (Å²) >= 11 is 0. The third kappa shape index (κ3) is 31.5. The molecule has 1 aromatic rings. The Morgan fingerprint density at radius 1 is 0.867 bits per heavy atom. The highest BCUT2D eigenvalue weighted by Gasteiger charge is 2.40. The average molecular weight is 853 g/mol. The van der Waals surface area contributed by atoms with Crippen LogP contribution < -0.4 is 26.6 Å². The van der Waals surface area contributed by atoms with Gasteiger partial charge >= 0.3 is 0 Å². The Bertz CT molecular complexity index is 1320. The lowest BCUT2D eigenvalue weighted by atomic mass is 9.94. The van der Waals surface area contributed by atoms with Crippen molar-refractivity contribution >= 4 is 48.0 Å². The minimum Gasteiger partial charge on any atom is -0.380 e. The van der Waals surface area contributed by atoms with Crippen LogP contribution in [0, 0.1) is 11.8 Å². The molecule has 2 atom stereocenters. The molecule has 0 radical (unpaired) electrons. The molecule has 0 spiro atoms. The Labute approximate surface area is 363 Å². The Morgan fingerprint density at radius 2 is 1.42 bits per heavy atom. The van der Waals surface area contributed by atoms with Crippen LogP contribution in [-0.2, 0) is 49.6 Å². The van der Waals surface area contributed by atoms with Crippen LogP contribution in [-0.4, -0.2) is 97.8 Å². The number of carbonyl (C=O) groups is 7. The number of hydrogen-bond acceptors (Lipinski definition) is 9. The van der Waals surface area contributed by atoms with Gasteiger partial charge in [-0.1, -0.05) is 87.3 Å². The maximum absolute atomic E-state index is 12.3. The zero-order valence-electron chi connectivity index (χ0n) is 40.1. The van der Waals surface area contributed by atoms with Gasteiger partial charge in [-0.05, 0) is 78.0 Å². The number of amides is 7. The van der Waals surface area contributed by atoms with Crippen LogP contribution >= 0.6 is 0 Å². The van der Waals surface area contributed by atoms with Crippen LogP contribution in [0.25, 0.3) is 0 Å². The predicted molar refractivity (Wildman–Crippen MR) is 242 cm³/mol. The van der Waals surface area contributed by atoms with E-state index in [1.165, 1.54) is 11.3 Å². The number of anilines is 1. The van der Waals surface area contributed by atoms with E-state index in [-0.39, 0.29) is 67.0 Å². The first-order chi connectivity index (χ1) is 28.3. The fourth-order valence-electron chi connectivity index (χ4n) is 5.11. The summed E-state index contributed by atoms with van der Waals surface area (Å²) in [5, 5.41) is 12.8. The van der Waals surface area contributed by atoms with Gasteiger partial charge in [0.05, 0.1) is 18.8 Å². The highest BCUT2D eigenvalue weighted by Crippen LogP contribution is 2.26. The summed E-state index contributed by atoms with van der Waals surface area (Å²) in [6, 6.07) is 6.50. The van der Waals surface area contributed by atoms with Crippen LogP contribution in [0.1, 0.15) is 148 Å². The summed E-state index contributed by atoms with van der Waals surface area (Å²) in [6.07, 6.45) is 5.50.